The number of anilines is 4. The molecule has 7 nitrogen and oxygen atoms in total. The summed E-state index contributed by atoms with van der Waals surface area (Å²) in [5.74, 6) is 4.02. The molecule has 1 aliphatic heterocycles. The smallest absolute Gasteiger partial charge is 0.229 e. The topological polar surface area (TPSA) is 56.8 Å². The van der Waals surface area contributed by atoms with Gasteiger partial charge in [-0.1, -0.05) is 29.8 Å². The Hall–Kier alpha value is -3.06. The van der Waals surface area contributed by atoms with Crippen molar-refractivity contribution < 1.29 is 4.74 Å². The molecule has 1 aromatic carbocycles. The summed E-state index contributed by atoms with van der Waals surface area (Å²) < 4.78 is 5.58. The first-order valence-corrected chi connectivity index (χ1v) is 11.3. The molecular formula is C25H34N6O. The summed E-state index contributed by atoms with van der Waals surface area (Å²) in [4.78, 5) is 16.5. The molecule has 1 saturated heterocycles. The molecule has 2 aromatic rings. The number of hydrogen-bond donors (Lipinski definition) is 1. The van der Waals surface area contributed by atoms with Gasteiger partial charge in [0.05, 0.1) is 7.11 Å². The molecule has 4 rings (SSSR count). The molecule has 2 aliphatic rings. The number of piperazine rings is 1. The summed E-state index contributed by atoms with van der Waals surface area (Å²) in [6.45, 7) is 6.93. The second-order valence-corrected chi connectivity index (χ2v) is 8.72. The Morgan fingerprint density at radius 3 is 2.53 bits per heavy atom. The van der Waals surface area contributed by atoms with E-state index >= 15 is 0 Å². The van der Waals surface area contributed by atoms with Gasteiger partial charge in [0, 0.05) is 64.5 Å². The van der Waals surface area contributed by atoms with Crippen molar-refractivity contribution in [3.05, 3.63) is 59.9 Å². The number of nitrogens with zero attached hydrogens (tertiary/aromatic N) is 5. The lowest BCUT2D eigenvalue weighted by Gasteiger charge is -2.37. The van der Waals surface area contributed by atoms with Crippen molar-refractivity contribution in [1.82, 2.24) is 14.9 Å². The van der Waals surface area contributed by atoms with Crippen LogP contribution >= 0.6 is 0 Å². The minimum Gasteiger partial charge on any atom is -0.501 e. The second kappa shape index (κ2) is 10.0. The van der Waals surface area contributed by atoms with E-state index in [0.29, 0.717) is 5.92 Å². The molecule has 1 unspecified atom stereocenters. The van der Waals surface area contributed by atoms with Crippen LogP contribution in [0.25, 0.3) is 0 Å². The average Bonchev–Trinajstić information content (AvgIpc) is 2.81. The van der Waals surface area contributed by atoms with Crippen LogP contribution in [-0.4, -0.2) is 68.8 Å². The van der Waals surface area contributed by atoms with Crippen molar-refractivity contribution in [2.24, 2.45) is 5.92 Å². The summed E-state index contributed by atoms with van der Waals surface area (Å²) >= 11 is 0. The summed E-state index contributed by atoms with van der Waals surface area (Å²) in [6, 6.07) is 10.4. The summed E-state index contributed by atoms with van der Waals surface area (Å²) in [5, 5.41) is 3.44. The Morgan fingerprint density at radius 2 is 1.84 bits per heavy atom. The van der Waals surface area contributed by atoms with Crippen LogP contribution in [-0.2, 0) is 4.74 Å². The highest BCUT2D eigenvalue weighted by molar-refractivity contribution is 5.62. The molecule has 0 amide bonds. The monoisotopic (exact) mass is 434 g/mol. The van der Waals surface area contributed by atoms with E-state index in [1.165, 1.54) is 5.56 Å². The maximum absolute atomic E-state index is 5.58. The van der Waals surface area contributed by atoms with Crippen LogP contribution in [0.2, 0.25) is 0 Å². The fourth-order valence-corrected chi connectivity index (χ4v) is 4.14. The highest BCUT2D eigenvalue weighted by Crippen LogP contribution is 2.25. The maximum atomic E-state index is 5.58. The molecule has 2 heterocycles. The minimum atomic E-state index is 0.440. The van der Waals surface area contributed by atoms with Crippen molar-refractivity contribution in [1.29, 1.82) is 0 Å². The van der Waals surface area contributed by atoms with Crippen molar-refractivity contribution in [2.75, 3.05) is 69.0 Å². The van der Waals surface area contributed by atoms with Gasteiger partial charge in [-0.2, -0.15) is 9.97 Å². The number of aryl methyl sites for hydroxylation is 1. The molecule has 1 atom stereocenters. The lowest BCUT2D eigenvalue weighted by Crippen LogP contribution is -2.48. The van der Waals surface area contributed by atoms with Gasteiger partial charge in [-0.15, -0.1) is 0 Å². The number of rotatable bonds is 7. The molecule has 170 valence electrons. The molecule has 1 aliphatic carbocycles. The van der Waals surface area contributed by atoms with Crippen molar-refractivity contribution in [2.45, 2.75) is 13.3 Å². The molecule has 0 saturated carbocycles. The predicted octanol–water partition coefficient (Wildman–Crippen LogP) is 3.82. The van der Waals surface area contributed by atoms with Gasteiger partial charge in [-0.3, -0.25) is 4.90 Å². The van der Waals surface area contributed by atoms with Gasteiger partial charge in [0.1, 0.15) is 17.4 Å². The van der Waals surface area contributed by atoms with Gasteiger partial charge < -0.3 is 19.9 Å². The molecule has 0 bridgehead atoms. The number of nitrogens with one attached hydrogen (secondary N) is 1. The minimum absolute atomic E-state index is 0.440. The lowest BCUT2D eigenvalue weighted by molar-refractivity contribution is 0.178. The summed E-state index contributed by atoms with van der Waals surface area (Å²) in [6.07, 6.45) is 7.45. The molecule has 1 aromatic heterocycles. The Balaban J connectivity index is 1.43. The van der Waals surface area contributed by atoms with Crippen LogP contribution in [0.15, 0.2) is 54.3 Å². The number of ether oxygens (including phenoxy) is 1. The number of hydrogen-bond acceptors (Lipinski definition) is 7. The molecule has 0 radical (unpaired) electrons. The molecule has 1 fully saturated rings. The van der Waals surface area contributed by atoms with Gasteiger partial charge in [0.15, 0.2) is 0 Å². The van der Waals surface area contributed by atoms with E-state index in [1.807, 2.05) is 25.1 Å². The quantitative estimate of drug-likeness (QED) is 0.711. The van der Waals surface area contributed by atoms with Gasteiger partial charge in [-0.25, -0.2) is 0 Å². The Bertz CT molecular complexity index is 961. The predicted molar refractivity (Wildman–Crippen MR) is 132 cm³/mol. The first-order chi connectivity index (χ1) is 15.5. The van der Waals surface area contributed by atoms with Crippen LogP contribution in [0.4, 0.5) is 23.3 Å². The third-order valence-corrected chi connectivity index (χ3v) is 6.07. The van der Waals surface area contributed by atoms with E-state index < -0.39 is 0 Å². The second-order valence-electron chi connectivity index (χ2n) is 8.72. The van der Waals surface area contributed by atoms with E-state index in [4.69, 9.17) is 14.7 Å². The largest absolute Gasteiger partial charge is 0.501 e. The maximum Gasteiger partial charge on any atom is 0.229 e. The van der Waals surface area contributed by atoms with Crippen LogP contribution in [0.3, 0.4) is 0 Å². The summed E-state index contributed by atoms with van der Waals surface area (Å²) in [7, 11) is 5.80. The van der Waals surface area contributed by atoms with Crippen LogP contribution < -0.4 is 15.1 Å². The van der Waals surface area contributed by atoms with E-state index in [1.54, 1.807) is 7.11 Å². The zero-order chi connectivity index (χ0) is 22.5. The zero-order valence-corrected chi connectivity index (χ0v) is 19.6. The van der Waals surface area contributed by atoms with Gasteiger partial charge in [0.2, 0.25) is 5.95 Å². The highest BCUT2D eigenvalue weighted by Gasteiger charge is 2.24. The van der Waals surface area contributed by atoms with Gasteiger partial charge in [-0.05, 0) is 31.6 Å². The highest BCUT2D eigenvalue weighted by atomic mass is 16.5. The number of allylic oxidation sites excluding steroid dienone is 3. The number of aromatic nitrogens is 2. The average molecular weight is 435 g/mol. The van der Waals surface area contributed by atoms with Crippen molar-refractivity contribution >= 4 is 23.3 Å². The Morgan fingerprint density at radius 1 is 1.09 bits per heavy atom. The third-order valence-electron chi connectivity index (χ3n) is 6.07. The van der Waals surface area contributed by atoms with Crippen molar-refractivity contribution in [3.8, 4) is 0 Å². The molecule has 32 heavy (non-hydrogen) atoms. The van der Waals surface area contributed by atoms with E-state index in [0.717, 1.165) is 68.2 Å². The molecule has 0 spiro atoms. The third kappa shape index (κ3) is 5.40. The Kier molecular flexibility index (Phi) is 6.95. The first-order valence-electron chi connectivity index (χ1n) is 11.3. The number of methoxy groups -OCH3 is 1. The molecule has 1 N–H and O–H groups in total. The lowest BCUT2D eigenvalue weighted by atomic mass is 9.97. The van der Waals surface area contributed by atoms with E-state index in [-0.39, 0.29) is 0 Å². The zero-order valence-electron chi connectivity index (χ0n) is 19.6. The van der Waals surface area contributed by atoms with Crippen LogP contribution in [0, 0.1) is 12.8 Å². The van der Waals surface area contributed by atoms with Gasteiger partial charge >= 0.3 is 0 Å². The standard InChI is InChI=1S/C25H34N6O/c1-19-9-11-21(12-10-19)26-23-17-24(29(2)3)28-25(27-23)31-15-13-30(14-16-31)18-20-7-5-6-8-22(20)32-4/h5-6,8-12,17,20H,7,13-16,18H2,1-4H3,(H,26,27,28). The van der Waals surface area contributed by atoms with Crippen LogP contribution in [0.1, 0.15) is 12.0 Å². The SMILES string of the molecule is COC1=CC=CCC1CN1CCN(c2nc(Nc3ccc(C)cc3)cc(N(C)C)n2)CC1. The molecular weight excluding hydrogens is 400 g/mol. The van der Waals surface area contributed by atoms with Crippen LogP contribution in [0.5, 0.6) is 0 Å². The van der Waals surface area contributed by atoms with E-state index in [9.17, 15) is 0 Å². The normalized spacial score (nSPS) is 18.9. The Labute approximate surface area is 191 Å². The van der Waals surface area contributed by atoms with Gasteiger partial charge in [0.25, 0.3) is 0 Å². The van der Waals surface area contributed by atoms with Crippen molar-refractivity contribution in [3.63, 3.8) is 0 Å². The fraction of sp³-hybridized carbons (Fsp3) is 0.440. The molecule has 7 heteroatoms. The summed E-state index contributed by atoms with van der Waals surface area (Å²) in [5.41, 5.74) is 2.27. The number of benzene rings is 1. The van der Waals surface area contributed by atoms with E-state index in [2.05, 4.69) is 64.5 Å². The fourth-order valence-electron chi connectivity index (χ4n) is 4.14. The first kappa shape index (κ1) is 22.1.